The number of rotatable bonds is 16. The third-order valence-corrected chi connectivity index (χ3v) is 9.36. The summed E-state index contributed by atoms with van der Waals surface area (Å²) in [7, 11) is -4.82. The molecule has 0 aliphatic carbocycles. The molecule has 5 rings (SSSR count). The summed E-state index contributed by atoms with van der Waals surface area (Å²) in [5.41, 5.74) is 3.96. The highest BCUT2D eigenvalue weighted by molar-refractivity contribution is 7.46. The Bertz CT molecular complexity index is 2440. The maximum absolute atomic E-state index is 14.1. The summed E-state index contributed by atoms with van der Waals surface area (Å²) in [6.07, 6.45) is 0.0991. The highest BCUT2D eigenvalue weighted by Crippen LogP contribution is 2.37. The second-order valence-corrected chi connectivity index (χ2v) is 15.1. The summed E-state index contributed by atoms with van der Waals surface area (Å²) >= 11 is 0. The van der Waals surface area contributed by atoms with Crippen LogP contribution in [0, 0.1) is 28.6 Å². The summed E-state index contributed by atoms with van der Waals surface area (Å²) in [5.74, 6) is -2.53. The zero-order valence-corrected chi connectivity index (χ0v) is 33.0. The topological polar surface area (TPSA) is 231 Å². The van der Waals surface area contributed by atoms with Crippen LogP contribution in [0.25, 0.3) is 11.1 Å². The highest BCUT2D eigenvalue weighted by Gasteiger charge is 2.29. The molecule has 59 heavy (non-hydrogen) atoms. The first-order chi connectivity index (χ1) is 28.2. The summed E-state index contributed by atoms with van der Waals surface area (Å²) < 4.78 is 15.9. The van der Waals surface area contributed by atoms with Gasteiger partial charge in [-0.05, 0) is 101 Å². The molecule has 5 aromatic rings. The molecular formula is C44H41N6O8P. The van der Waals surface area contributed by atoms with E-state index in [1.54, 1.807) is 36.4 Å². The van der Waals surface area contributed by atoms with E-state index in [0.717, 1.165) is 5.56 Å². The van der Waals surface area contributed by atoms with Crippen molar-refractivity contribution in [3.8, 4) is 29.0 Å². The van der Waals surface area contributed by atoms with Gasteiger partial charge < -0.3 is 25.8 Å². The third kappa shape index (κ3) is 13.0. The fourth-order valence-corrected chi connectivity index (χ4v) is 6.45. The van der Waals surface area contributed by atoms with Crippen LogP contribution < -0.4 is 25.8 Å². The van der Waals surface area contributed by atoms with Crippen LogP contribution in [-0.2, 0) is 27.1 Å². The van der Waals surface area contributed by atoms with Gasteiger partial charge in [-0.2, -0.15) is 10.5 Å². The molecule has 0 aliphatic rings. The largest absolute Gasteiger partial charge is 0.524 e. The number of amides is 4. The average molecular weight is 813 g/mol. The molecule has 0 radical (unpaired) electrons. The quantitative estimate of drug-likeness (QED) is 0.0636. The van der Waals surface area contributed by atoms with E-state index in [1.165, 1.54) is 54.6 Å². The molecule has 0 spiro atoms. The van der Waals surface area contributed by atoms with Gasteiger partial charge in [-0.1, -0.05) is 68.4 Å². The van der Waals surface area contributed by atoms with E-state index in [1.807, 2.05) is 50.2 Å². The lowest BCUT2D eigenvalue weighted by Gasteiger charge is -2.25. The van der Waals surface area contributed by atoms with Crippen LogP contribution >= 0.6 is 7.82 Å². The number of phosphoric ester groups is 1. The first-order valence-electron chi connectivity index (χ1n) is 18.4. The van der Waals surface area contributed by atoms with Crippen molar-refractivity contribution >= 4 is 37.1 Å². The summed E-state index contributed by atoms with van der Waals surface area (Å²) in [6, 6.07) is 34.1. The zero-order chi connectivity index (χ0) is 42.5. The normalized spacial score (nSPS) is 11.9. The van der Waals surface area contributed by atoms with Gasteiger partial charge in [0.25, 0.3) is 11.8 Å². The first kappa shape index (κ1) is 43.0. The minimum atomic E-state index is -4.82. The van der Waals surface area contributed by atoms with Crippen molar-refractivity contribution in [2.24, 2.45) is 5.92 Å². The van der Waals surface area contributed by atoms with Crippen molar-refractivity contribution in [3.05, 3.63) is 155 Å². The summed E-state index contributed by atoms with van der Waals surface area (Å²) in [5, 5.41) is 30.0. The van der Waals surface area contributed by atoms with E-state index in [-0.39, 0.29) is 47.9 Å². The van der Waals surface area contributed by atoms with Crippen LogP contribution in [-0.4, -0.2) is 45.5 Å². The molecule has 0 heterocycles. The third-order valence-electron chi connectivity index (χ3n) is 8.91. The minimum absolute atomic E-state index is 0.0845. The maximum atomic E-state index is 14.1. The Morgan fingerprint density at radius 2 is 1.37 bits per heavy atom. The molecule has 14 nitrogen and oxygen atoms in total. The number of nitrogens with one attached hydrogen (secondary N) is 4. The van der Waals surface area contributed by atoms with E-state index in [2.05, 4.69) is 31.9 Å². The van der Waals surface area contributed by atoms with Gasteiger partial charge in [-0.3, -0.25) is 29.0 Å². The van der Waals surface area contributed by atoms with Crippen molar-refractivity contribution in [2.75, 3.05) is 5.32 Å². The maximum Gasteiger partial charge on any atom is 0.524 e. The van der Waals surface area contributed by atoms with Crippen molar-refractivity contribution < 1.29 is 38.1 Å². The standard InChI is InChI=1S/C44H41N6O8P/c1-28(2)19-39(50-44(54)40(49-42(52)33-15-11-30(25-45)12-16-33)21-29-13-17-38(18-14-29)58-59(55,56)57)43(53)48-37-23-35(34-10-6-9-32(20-34)26-46)22-36(24-37)41(51)47-27-31-7-4-3-5-8-31/h3-18,20,22-24,28,39-40H,19,21,27H2,1-2H3,(H,47,51)(H,48,53)(H,49,52)(H,50,54)(H2,55,56,57)/t39-,40-/m0/s1. The molecular weight excluding hydrogens is 771 g/mol. The monoisotopic (exact) mass is 812 g/mol. The fraction of sp³-hybridized carbons (Fsp3) is 0.182. The average Bonchev–Trinajstić information content (AvgIpc) is 3.22. The summed E-state index contributed by atoms with van der Waals surface area (Å²) in [6.45, 7) is 4.00. The van der Waals surface area contributed by atoms with Gasteiger partial charge in [-0.15, -0.1) is 0 Å². The van der Waals surface area contributed by atoms with Crippen molar-refractivity contribution in [1.29, 1.82) is 10.5 Å². The smallest absolute Gasteiger partial charge is 0.404 e. The van der Waals surface area contributed by atoms with Crippen LogP contribution in [0.15, 0.2) is 121 Å². The van der Waals surface area contributed by atoms with Gasteiger partial charge in [0.1, 0.15) is 17.8 Å². The second kappa shape index (κ2) is 19.9. The minimum Gasteiger partial charge on any atom is -0.404 e. The van der Waals surface area contributed by atoms with E-state index in [9.17, 15) is 44.1 Å². The second-order valence-electron chi connectivity index (χ2n) is 14.0. The van der Waals surface area contributed by atoms with Crippen molar-refractivity contribution in [1.82, 2.24) is 16.0 Å². The number of nitrogens with zero attached hydrogens (tertiary/aromatic N) is 2. The highest BCUT2D eigenvalue weighted by atomic mass is 31.2. The molecule has 0 saturated heterocycles. The first-order valence-corrected chi connectivity index (χ1v) is 20.0. The van der Waals surface area contributed by atoms with Crippen LogP contribution in [0.5, 0.6) is 5.75 Å². The van der Waals surface area contributed by atoms with Gasteiger partial charge in [0, 0.05) is 29.8 Å². The van der Waals surface area contributed by atoms with Gasteiger partial charge in [0.05, 0.1) is 23.3 Å². The number of nitriles is 2. The number of phosphoric acid groups is 1. The van der Waals surface area contributed by atoms with Crippen molar-refractivity contribution in [2.45, 2.75) is 45.3 Å². The number of carbonyl (C=O) groups is 4. The Morgan fingerprint density at radius 1 is 0.678 bits per heavy atom. The Balaban J connectivity index is 1.42. The lowest BCUT2D eigenvalue weighted by Crippen LogP contribution is -2.53. The molecule has 0 aromatic heterocycles. The lowest BCUT2D eigenvalue weighted by atomic mass is 9.99. The Labute approximate surface area is 341 Å². The Hall–Kier alpha value is -7.09. The molecule has 15 heteroatoms. The Morgan fingerprint density at radius 3 is 2.02 bits per heavy atom. The van der Waals surface area contributed by atoms with Gasteiger partial charge >= 0.3 is 7.82 Å². The van der Waals surface area contributed by atoms with Crippen LogP contribution in [0.3, 0.4) is 0 Å². The number of anilines is 1. The molecule has 0 bridgehead atoms. The van der Waals surface area contributed by atoms with E-state index in [4.69, 9.17) is 0 Å². The molecule has 0 saturated carbocycles. The molecule has 0 fully saturated rings. The Kier molecular flexibility index (Phi) is 14.5. The number of carbonyl (C=O) groups excluding carboxylic acids is 4. The molecule has 6 N–H and O–H groups in total. The SMILES string of the molecule is CC(C)C[C@H](NC(=O)[C@H](Cc1ccc(OP(=O)(O)O)cc1)NC(=O)c1ccc(C#N)cc1)C(=O)Nc1cc(C(=O)NCc2ccccc2)cc(-c2cccc(C#N)c2)c1. The van der Waals surface area contributed by atoms with E-state index < -0.39 is 43.5 Å². The molecule has 5 aromatic carbocycles. The van der Waals surface area contributed by atoms with Gasteiger partial charge in [0.2, 0.25) is 11.8 Å². The van der Waals surface area contributed by atoms with Gasteiger partial charge in [-0.25, -0.2) is 4.57 Å². The predicted octanol–water partition coefficient (Wildman–Crippen LogP) is 6.01. The number of hydrogen-bond acceptors (Lipinski definition) is 8. The van der Waals surface area contributed by atoms with E-state index in [0.29, 0.717) is 27.8 Å². The van der Waals surface area contributed by atoms with Crippen LogP contribution in [0.2, 0.25) is 0 Å². The van der Waals surface area contributed by atoms with Gasteiger partial charge in [0.15, 0.2) is 0 Å². The number of hydrogen-bond donors (Lipinski definition) is 6. The van der Waals surface area contributed by atoms with Crippen LogP contribution in [0.1, 0.15) is 63.2 Å². The van der Waals surface area contributed by atoms with E-state index >= 15 is 0 Å². The molecule has 0 unspecified atom stereocenters. The molecule has 4 amide bonds. The molecule has 300 valence electrons. The summed E-state index contributed by atoms with van der Waals surface area (Å²) in [4.78, 5) is 73.4. The number of benzene rings is 5. The fourth-order valence-electron chi connectivity index (χ4n) is 6.06. The zero-order valence-electron chi connectivity index (χ0n) is 32.1. The molecule has 0 aliphatic heterocycles. The molecule has 2 atom stereocenters. The van der Waals surface area contributed by atoms with Crippen LogP contribution in [0.4, 0.5) is 5.69 Å². The predicted molar refractivity (Wildman–Crippen MR) is 219 cm³/mol. The van der Waals surface area contributed by atoms with Crippen molar-refractivity contribution in [3.63, 3.8) is 0 Å². The lowest BCUT2D eigenvalue weighted by molar-refractivity contribution is -0.128.